The summed E-state index contributed by atoms with van der Waals surface area (Å²) in [4.78, 5) is 13.5. The maximum Gasteiger partial charge on any atom is 0.222 e. The van der Waals surface area contributed by atoms with Gasteiger partial charge in [-0.25, -0.2) is 13.8 Å². The lowest BCUT2D eigenvalue weighted by molar-refractivity contribution is 0.0354. The summed E-state index contributed by atoms with van der Waals surface area (Å²) in [6.07, 6.45) is 2.31. The summed E-state index contributed by atoms with van der Waals surface area (Å²) in [7, 11) is 0. The van der Waals surface area contributed by atoms with Crippen molar-refractivity contribution in [3.05, 3.63) is 47.2 Å². The normalized spacial score (nSPS) is 32.0. The van der Waals surface area contributed by atoms with Crippen LogP contribution < -0.4 is 10.6 Å². The molecule has 27 heavy (non-hydrogen) atoms. The predicted molar refractivity (Wildman–Crippen MR) is 99.5 cm³/mol. The van der Waals surface area contributed by atoms with E-state index in [1.54, 1.807) is 0 Å². The molecular weight excluding hydrogens is 348 g/mol. The monoisotopic (exact) mass is 371 g/mol. The Morgan fingerprint density at radius 1 is 1.00 bits per heavy atom. The summed E-state index contributed by atoms with van der Waals surface area (Å²) < 4.78 is 27.8. The largest absolute Gasteiger partial charge is 0.368 e. The minimum absolute atomic E-state index is 0.0415. The van der Waals surface area contributed by atoms with Gasteiger partial charge in [0.2, 0.25) is 5.95 Å². The average molecular weight is 371 g/mol. The van der Waals surface area contributed by atoms with Crippen LogP contribution in [0.2, 0.25) is 0 Å². The van der Waals surface area contributed by atoms with E-state index in [4.69, 9.17) is 5.73 Å². The van der Waals surface area contributed by atoms with Crippen LogP contribution in [0.25, 0.3) is 0 Å². The molecule has 0 saturated carbocycles. The van der Waals surface area contributed by atoms with Gasteiger partial charge < -0.3 is 10.6 Å². The molecule has 0 spiro atoms. The molecule has 4 aliphatic rings. The van der Waals surface area contributed by atoms with Gasteiger partial charge >= 0.3 is 0 Å². The number of fused-ring (bicyclic) bond motifs is 2. The van der Waals surface area contributed by atoms with Gasteiger partial charge in [0, 0.05) is 42.4 Å². The van der Waals surface area contributed by atoms with Crippen LogP contribution in [0.1, 0.15) is 30.0 Å². The first-order valence-corrected chi connectivity index (χ1v) is 9.57. The molecule has 1 aromatic heterocycles. The Balaban J connectivity index is 1.59. The zero-order valence-corrected chi connectivity index (χ0v) is 15.3. The Bertz CT molecular complexity index is 769. The minimum atomic E-state index is -0.516. The number of aryl methyl sites for hydroxylation is 1. The maximum atomic E-state index is 13.9. The highest BCUT2D eigenvalue weighted by Gasteiger charge is 2.53. The second-order valence-electron chi connectivity index (χ2n) is 8.04. The first kappa shape index (κ1) is 16.9. The molecule has 2 bridgehead atoms. The van der Waals surface area contributed by atoms with E-state index < -0.39 is 11.6 Å². The molecule has 0 amide bonds. The lowest BCUT2D eigenvalue weighted by Gasteiger charge is -2.51. The lowest BCUT2D eigenvalue weighted by atomic mass is 9.75. The lowest BCUT2D eigenvalue weighted by Crippen LogP contribution is -2.60. The first-order chi connectivity index (χ1) is 13.0. The van der Waals surface area contributed by atoms with E-state index in [0.29, 0.717) is 12.5 Å². The highest BCUT2D eigenvalue weighted by molar-refractivity contribution is 5.49. The van der Waals surface area contributed by atoms with Crippen LogP contribution in [0.3, 0.4) is 0 Å². The van der Waals surface area contributed by atoms with Gasteiger partial charge in [0.25, 0.3) is 0 Å². The van der Waals surface area contributed by atoms with Gasteiger partial charge in [0.1, 0.15) is 17.5 Å². The van der Waals surface area contributed by atoms with Crippen molar-refractivity contribution >= 4 is 11.8 Å². The number of nitrogen functional groups attached to an aromatic ring is 1. The summed E-state index contributed by atoms with van der Waals surface area (Å²) >= 11 is 0. The fraction of sp³-hybridized carbons (Fsp3) is 0.500. The molecule has 5 nitrogen and oxygen atoms in total. The molecule has 0 radical (unpaired) electrons. The van der Waals surface area contributed by atoms with Crippen molar-refractivity contribution in [1.29, 1.82) is 0 Å². The van der Waals surface area contributed by atoms with Gasteiger partial charge in [-0.3, -0.25) is 4.90 Å². The summed E-state index contributed by atoms with van der Waals surface area (Å²) in [5.41, 5.74) is 7.46. The molecule has 142 valence electrons. The fourth-order valence-electron chi connectivity index (χ4n) is 5.49. The van der Waals surface area contributed by atoms with E-state index in [-0.39, 0.29) is 23.9 Å². The number of nitrogens with two attached hydrogens (primary N) is 1. The zero-order valence-electron chi connectivity index (χ0n) is 15.3. The van der Waals surface area contributed by atoms with E-state index in [9.17, 15) is 8.78 Å². The molecule has 4 fully saturated rings. The molecule has 4 aliphatic heterocycles. The zero-order chi connectivity index (χ0) is 18.7. The Labute approximate surface area is 157 Å². The Hall–Kier alpha value is -2.28. The van der Waals surface area contributed by atoms with Crippen molar-refractivity contribution in [2.24, 2.45) is 5.92 Å². The van der Waals surface area contributed by atoms with Gasteiger partial charge in [-0.1, -0.05) is 0 Å². The van der Waals surface area contributed by atoms with Crippen molar-refractivity contribution in [1.82, 2.24) is 14.9 Å². The van der Waals surface area contributed by atoms with Crippen LogP contribution in [-0.4, -0.2) is 46.6 Å². The highest BCUT2D eigenvalue weighted by Crippen LogP contribution is 2.47. The second kappa shape index (κ2) is 6.12. The number of piperidine rings is 3. The molecule has 0 unspecified atom stereocenters. The summed E-state index contributed by atoms with van der Waals surface area (Å²) in [5, 5.41) is 0. The van der Waals surface area contributed by atoms with E-state index in [1.165, 1.54) is 12.1 Å². The van der Waals surface area contributed by atoms with E-state index in [1.807, 2.05) is 13.0 Å². The van der Waals surface area contributed by atoms with E-state index in [2.05, 4.69) is 19.8 Å². The third kappa shape index (κ3) is 2.76. The topological polar surface area (TPSA) is 58.3 Å². The molecule has 5 heterocycles. The van der Waals surface area contributed by atoms with E-state index in [0.717, 1.165) is 49.1 Å². The molecular formula is C20H23F2N5. The molecule has 6 rings (SSSR count). The molecule has 2 aromatic rings. The van der Waals surface area contributed by atoms with Crippen LogP contribution >= 0.6 is 0 Å². The highest BCUT2D eigenvalue weighted by atomic mass is 19.1. The molecule has 1 aromatic carbocycles. The van der Waals surface area contributed by atoms with Gasteiger partial charge in [-0.05, 0) is 56.5 Å². The van der Waals surface area contributed by atoms with Gasteiger partial charge in [0.05, 0.1) is 0 Å². The molecule has 4 saturated heterocycles. The van der Waals surface area contributed by atoms with Crippen LogP contribution in [-0.2, 0) is 0 Å². The van der Waals surface area contributed by atoms with Crippen molar-refractivity contribution in [2.75, 3.05) is 30.3 Å². The fourth-order valence-corrected chi connectivity index (χ4v) is 5.49. The standard InChI is InChI=1S/C20H23F2N5/c1-11-6-17(25-20(23)24-11)27-10-16(13-7-14(21)9-15(22)8-13)19-18(27)12-2-4-26(19)5-3-12/h6-9,12,16,18-19H,2-5,10H2,1H3,(H2,23,24,25)/t16-,18+,19+/m1/s1. The number of aromatic nitrogens is 2. The Kier molecular flexibility index (Phi) is 3.82. The molecule has 0 aliphatic carbocycles. The van der Waals surface area contributed by atoms with Crippen LogP contribution in [0.15, 0.2) is 24.3 Å². The molecule has 7 heteroatoms. The summed E-state index contributed by atoms with van der Waals surface area (Å²) in [5.74, 6) is 0.669. The maximum absolute atomic E-state index is 13.9. The Morgan fingerprint density at radius 3 is 2.37 bits per heavy atom. The third-order valence-corrected chi connectivity index (χ3v) is 6.46. The van der Waals surface area contributed by atoms with Crippen LogP contribution in [0.5, 0.6) is 0 Å². The molecule has 2 N–H and O–H groups in total. The number of hydrogen-bond acceptors (Lipinski definition) is 5. The number of nitrogens with zero attached hydrogens (tertiary/aromatic N) is 4. The predicted octanol–water partition coefficient (Wildman–Crippen LogP) is 2.71. The second-order valence-corrected chi connectivity index (χ2v) is 8.04. The summed E-state index contributed by atoms with van der Waals surface area (Å²) in [6, 6.07) is 6.40. The van der Waals surface area contributed by atoms with Crippen LogP contribution in [0, 0.1) is 24.5 Å². The van der Waals surface area contributed by atoms with Gasteiger partial charge in [-0.2, -0.15) is 4.98 Å². The first-order valence-electron chi connectivity index (χ1n) is 9.57. The number of rotatable bonds is 2. The van der Waals surface area contributed by atoms with Gasteiger partial charge in [0.15, 0.2) is 0 Å². The van der Waals surface area contributed by atoms with Crippen molar-refractivity contribution in [3.63, 3.8) is 0 Å². The number of anilines is 2. The summed E-state index contributed by atoms with van der Waals surface area (Å²) in [6.45, 7) is 4.70. The average Bonchev–Trinajstić information content (AvgIpc) is 3.04. The number of halogens is 2. The Morgan fingerprint density at radius 2 is 1.70 bits per heavy atom. The van der Waals surface area contributed by atoms with Crippen molar-refractivity contribution in [3.8, 4) is 0 Å². The molecule has 3 atom stereocenters. The smallest absolute Gasteiger partial charge is 0.222 e. The minimum Gasteiger partial charge on any atom is -0.368 e. The number of hydrogen-bond donors (Lipinski definition) is 1. The van der Waals surface area contributed by atoms with Crippen LogP contribution in [0.4, 0.5) is 20.5 Å². The quantitative estimate of drug-likeness (QED) is 0.880. The SMILES string of the molecule is Cc1cc(N2C[C@H](c3cc(F)cc(F)c3)[C@H]3[C@@H]2C2CCN3CC2)nc(N)n1. The van der Waals surface area contributed by atoms with Crippen molar-refractivity contribution < 1.29 is 8.78 Å². The van der Waals surface area contributed by atoms with E-state index >= 15 is 0 Å². The van der Waals surface area contributed by atoms with Gasteiger partial charge in [-0.15, -0.1) is 0 Å². The third-order valence-electron chi connectivity index (χ3n) is 6.46. The number of benzene rings is 1. The van der Waals surface area contributed by atoms with Crippen molar-refractivity contribution in [2.45, 2.75) is 37.8 Å².